The summed E-state index contributed by atoms with van der Waals surface area (Å²) in [6.07, 6.45) is 6.08. The van der Waals surface area contributed by atoms with Gasteiger partial charge in [-0.25, -0.2) is 4.39 Å². The predicted molar refractivity (Wildman–Crippen MR) is 476 cm³/mol. The molecule has 4 aliphatic rings. The van der Waals surface area contributed by atoms with Crippen LogP contribution < -0.4 is 14.2 Å². The number of para-hydroxylation sites is 3. The molecule has 12 aromatic rings. The van der Waals surface area contributed by atoms with Crippen LogP contribution in [0.25, 0.3) is 65.4 Å². The van der Waals surface area contributed by atoms with Gasteiger partial charge in [0.1, 0.15) is 11.6 Å². The number of nitrogens with zero attached hydrogens (tertiary/aromatic N) is 12. The molecule has 16 rings (SSSR count). The number of hydrogen-bond donors (Lipinski definition) is 0. The summed E-state index contributed by atoms with van der Waals surface area (Å²) >= 11 is 0. The highest BCUT2D eigenvalue weighted by atomic mass is 19.1. The lowest BCUT2D eigenvalue weighted by molar-refractivity contribution is 0.0632. The van der Waals surface area contributed by atoms with Gasteiger partial charge >= 0.3 is 0 Å². The number of ether oxygens (including phenoxy) is 3. The minimum atomic E-state index is -0.183. The lowest BCUT2D eigenvalue weighted by Gasteiger charge is -2.34. The number of piperazine rings is 3. The molecular formula is C98H121FN12O6. The van der Waals surface area contributed by atoms with Gasteiger partial charge in [0.2, 0.25) is 6.79 Å². The maximum absolute atomic E-state index is 13.6. The van der Waals surface area contributed by atoms with E-state index in [9.17, 15) is 18.8 Å². The first-order valence-electron chi connectivity index (χ1n) is 43.3. The zero-order valence-electron chi connectivity index (χ0n) is 70.2. The lowest BCUT2D eigenvalue weighted by Crippen LogP contribution is -2.49. The molecule has 3 aromatic heterocycles. The van der Waals surface area contributed by atoms with Gasteiger partial charge in [-0.2, -0.15) is 0 Å². The number of aromatic nitrogens is 3. The Kier molecular flexibility index (Phi) is 28.8. The standard InChI is InChI=1S/C33H40N4O3.C33H42N4O2.C32H39FN4O/c1-3-34(4-2)15-7-16-37-29-9-6-5-8-27(29)28-23-26(11-12-30(28)37)33(38)36-20-18-35(19-21-36)17-14-25-10-13-31-32(22-25)40-24-39-31;1-4-34(5-2)17-9-18-37-31-13-7-6-12-29(31)30-25-27(14-15-32(30)37)33(38)36-22-20-35(21-23-36)19-16-26-10-8-11-28(24-26)39-3;1-3-34(4-2)16-8-17-37-30-12-6-5-11-28(30)29-24-26(13-14-31(29)37)32(38)36-21-19-35(20-22-36)18-15-25-9-7-10-27(33)23-25/h5-6,8-13,22-23H,3-4,7,14-21,24H2,1-2H3;6-8,10-15,24-25H,4-5,9,16-23H2,1-3H3;5-7,9-14,23-24H,3-4,8,15-22H2,1-2H3. The number of rotatable bonds is 31. The fourth-order valence-electron chi connectivity index (χ4n) is 17.8. The number of aryl methyl sites for hydroxylation is 3. The molecule has 0 bridgehead atoms. The molecule has 0 saturated carbocycles. The summed E-state index contributed by atoms with van der Waals surface area (Å²) in [5.74, 6) is 2.77. The second kappa shape index (κ2) is 40.4. The number of halogens is 1. The van der Waals surface area contributed by atoms with Crippen LogP contribution in [0.5, 0.6) is 17.2 Å². The molecule has 3 amide bonds. The van der Waals surface area contributed by atoms with Crippen LogP contribution in [0, 0.1) is 5.82 Å². The van der Waals surface area contributed by atoms with E-state index in [4.69, 9.17) is 14.2 Å². The number of fused-ring (bicyclic) bond motifs is 10. The largest absolute Gasteiger partial charge is 0.497 e. The second-order valence-corrected chi connectivity index (χ2v) is 31.7. The first kappa shape index (κ1) is 83.4. The van der Waals surface area contributed by atoms with E-state index in [0.29, 0.717) is 19.9 Å². The molecule has 0 radical (unpaired) electrons. The van der Waals surface area contributed by atoms with E-state index in [2.05, 4.69) is 218 Å². The molecule has 0 aliphatic carbocycles. The summed E-state index contributed by atoms with van der Waals surface area (Å²) < 4.78 is 37.0. The highest BCUT2D eigenvalue weighted by Crippen LogP contribution is 2.36. The smallest absolute Gasteiger partial charge is 0.253 e. The van der Waals surface area contributed by atoms with Crippen LogP contribution in [-0.2, 0) is 38.9 Å². The van der Waals surface area contributed by atoms with Crippen LogP contribution in [0.4, 0.5) is 4.39 Å². The Hall–Kier alpha value is -10.1. The average Bonchev–Trinajstić information content (AvgIpc) is 1.62. The van der Waals surface area contributed by atoms with Gasteiger partial charge in [0.05, 0.1) is 7.11 Å². The third-order valence-electron chi connectivity index (χ3n) is 24.9. The Balaban J connectivity index is 0.000000145. The normalized spacial score (nSPS) is 14.9. The first-order chi connectivity index (χ1) is 57.3. The molecule has 0 atom stereocenters. The zero-order valence-corrected chi connectivity index (χ0v) is 70.2. The number of amides is 3. The van der Waals surface area contributed by atoms with Crippen molar-refractivity contribution >= 4 is 83.1 Å². The summed E-state index contributed by atoms with van der Waals surface area (Å²) in [5.41, 5.74) is 13.3. The van der Waals surface area contributed by atoms with Crippen molar-refractivity contribution in [3.8, 4) is 17.2 Å². The molecule has 0 unspecified atom stereocenters. The highest BCUT2D eigenvalue weighted by Gasteiger charge is 2.28. The van der Waals surface area contributed by atoms with Gasteiger partial charge in [-0.1, -0.05) is 126 Å². The number of carbonyl (C=O) groups excluding carboxylic acids is 3. The summed E-state index contributed by atoms with van der Waals surface area (Å²) in [6, 6.07) is 65.9. The molecule has 616 valence electrons. The maximum atomic E-state index is 13.6. The first-order valence-corrected chi connectivity index (χ1v) is 43.3. The third-order valence-corrected chi connectivity index (χ3v) is 24.9. The van der Waals surface area contributed by atoms with Crippen molar-refractivity contribution in [1.82, 2.24) is 57.8 Å². The summed E-state index contributed by atoms with van der Waals surface area (Å²) in [7, 11) is 1.71. The van der Waals surface area contributed by atoms with Gasteiger partial charge in [0.15, 0.2) is 11.5 Å². The molecule has 117 heavy (non-hydrogen) atoms. The lowest BCUT2D eigenvalue weighted by atomic mass is 10.1. The Morgan fingerprint density at radius 2 is 0.684 bits per heavy atom. The van der Waals surface area contributed by atoms with E-state index in [1.807, 2.05) is 57.2 Å². The maximum Gasteiger partial charge on any atom is 0.253 e. The molecule has 3 saturated heterocycles. The molecular weight excluding hydrogens is 1460 g/mol. The fourth-order valence-corrected chi connectivity index (χ4v) is 17.8. The Morgan fingerprint density at radius 3 is 1.05 bits per heavy atom. The number of benzene rings is 9. The molecule has 3 fully saturated rings. The fraction of sp³-hybridized carbons (Fsp3) is 0.418. The van der Waals surface area contributed by atoms with Crippen molar-refractivity contribution in [3.63, 3.8) is 0 Å². The Labute approximate surface area is 691 Å². The average molecular weight is 1580 g/mol. The topological polar surface area (TPSA) is 123 Å². The van der Waals surface area contributed by atoms with Crippen molar-refractivity contribution in [3.05, 3.63) is 233 Å². The number of carbonyl (C=O) groups is 3. The van der Waals surface area contributed by atoms with Crippen molar-refractivity contribution in [2.75, 3.05) is 171 Å². The summed E-state index contributed by atoms with van der Waals surface area (Å²) in [5, 5.41) is 7.17. The quantitative estimate of drug-likeness (QED) is 0.0411. The number of hydrogen-bond acceptors (Lipinski definition) is 12. The van der Waals surface area contributed by atoms with Crippen molar-refractivity contribution in [1.29, 1.82) is 0 Å². The van der Waals surface area contributed by atoms with Crippen LogP contribution in [0.15, 0.2) is 194 Å². The van der Waals surface area contributed by atoms with E-state index in [-0.39, 0.29) is 23.5 Å². The van der Waals surface area contributed by atoms with Crippen LogP contribution in [0.2, 0.25) is 0 Å². The van der Waals surface area contributed by atoms with Crippen LogP contribution in [-0.4, -0.2) is 246 Å². The monoisotopic (exact) mass is 1580 g/mol. The molecule has 7 heterocycles. The van der Waals surface area contributed by atoms with Crippen molar-refractivity contribution in [2.24, 2.45) is 0 Å². The van der Waals surface area contributed by atoms with Crippen LogP contribution in [0.1, 0.15) is 109 Å². The SMILES string of the molecule is CCN(CC)CCCn1c2ccccc2c2cc(C(=O)N3CCN(CCc4ccc5c(c4)OCO5)CC3)ccc21.CCN(CC)CCCn1c2ccccc2c2cc(C(=O)N3CCN(CCc4cccc(F)c4)CC3)ccc21.CCN(CC)CCCn1c2ccccc2c2cc(C(=O)N3CCN(CCc4cccc(OC)c4)CC3)ccc21. The molecule has 0 spiro atoms. The van der Waals surface area contributed by atoms with Crippen molar-refractivity contribution in [2.45, 2.75) is 99.7 Å². The minimum absolute atomic E-state index is 0.107. The summed E-state index contributed by atoms with van der Waals surface area (Å²) in [4.78, 5) is 61.3. The molecule has 0 N–H and O–H groups in total. The van der Waals surface area contributed by atoms with Crippen LogP contribution >= 0.6 is 0 Å². The van der Waals surface area contributed by atoms with E-state index in [0.717, 1.165) is 247 Å². The Morgan fingerprint density at radius 1 is 0.342 bits per heavy atom. The number of methoxy groups -OCH3 is 1. The summed E-state index contributed by atoms with van der Waals surface area (Å²) in [6.45, 7) is 39.0. The second-order valence-electron chi connectivity index (χ2n) is 31.7. The molecule has 18 nitrogen and oxygen atoms in total. The van der Waals surface area contributed by atoms with E-state index >= 15 is 0 Å². The van der Waals surface area contributed by atoms with Crippen LogP contribution in [0.3, 0.4) is 0 Å². The van der Waals surface area contributed by atoms with Gasteiger partial charge in [0, 0.05) is 200 Å². The van der Waals surface area contributed by atoms with Gasteiger partial charge in [-0.3, -0.25) is 29.1 Å². The third kappa shape index (κ3) is 20.2. The zero-order chi connectivity index (χ0) is 81.2. The van der Waals surface area contributed by atoms with E-state index in [1.54, 1.807) is 19.2 Å². The Bertz CT molecular complexity index is 5310. The van der Waals surface area contributed by atoms with Gasteiger partial charge in [0.25, 0.3) is 17.7 Å². The minimum Gasteiger partial charge on any atom is -0.497 e. The van der Waals surface area contributed by atoms with Gasteiger partial charge < -0.3 is 57.3 Å². The van der Waals surface area contributed by atoms with E-state index in [1.165, 1.54) is 77.2 Å². The molecule has 4 aliphatic heterocycles. The van der Waals surface area contributed by atoms with Gasteiger partial charge in [-0.15, -0.1) is 0 Å². The van der Waals surface area contributed by atoms with Crippen molar-refractivity contribution < 1.29 is 33.0 Å². The molecule has 19 heteroatoms. The highest BCUT2D eigenvalue weighted by molar-refractivity contribution is 6.13. The van der Waals surface area contributed by atoms with E-state index < -0.39 is 0 Å². The predicted octanol–water partition coefficient (Wildman–Crippen LogP) is 16.5. The molecule has 9 aromatic carbocycles. The van der Waals surface area contributed by atoms with Gasteiger partial charge in [-0.05, 0) is 223 Å².